The molecule has 1 amide bonds. The molecule has 78 valence electrons. The van der Waals surface area contributed by atoms with Crippen LogP contribution in [-0.2, 0) is 6.54 Å². The van der Waals surface area contributed by atoms with E-state index in [9.17, 15) is 4.79 Å². The fourth-order valence-electron chi connectivity index (χ4n) is 2.04. The number of carbonyl (C=O) groups excluding carboxylic acids is 1. The quantitative estimate of drug-likeness (QED) is 0.768. The average molecular weight is 209 g/mol. The number of hydrogen-bond acceptors (Lipinski definition) is 1. The van der Waals surface area contributed by atoms with E-state index in [1.54, 1.807) is 0 Å². The van der Waals surface area contributed by atoms with Crippen LogP contribution in [0.1, 0.15) is 15.9 Å². The molecule has 0 radical (unpaired) electrons. The largest absolute Gasteiger partial charge is 0.348 e. The summed E-state index contributed by atoms with van der Waals surface area (Å²) in [5.41, 5.74) is 4.24. The predicted molar refractivity (Wildman–Crippen MR) is 63.0 cm³/mol. The summed E-state index contributed by atoms with van der Waals surface area (Å²) in [5.74, 6) is 0.0367. The van der Waals surface area contributed by atoms with E-state index in [4.69, 9.17) is 0 Å². The third-order valence-corrected chi connectivity index (χ3v) is 2.90. The first-order valence-corrected chi connectivity index (χ1v) is 5.31. The summed E-state index contributed by atoms with van der Waals surface area (Å²) in [7, 11) is 0. The van der Waals surface area contributed by atoms with Crippen molar-refractivity contribution in [2.24, 2.45) is 0 Å². The van der Waals surface area contributed by atoms with E-state index < -0.39 is 0 Å². The standard InChI is InChI=1S/C14H11NO/c16-14-13-7-6-11(8-12(13)9-15-14)10-4-2-1-3-5-10/h1-8H,9H2,(H,15,16). The van der Waals surface area contributed by atoms with Gasteiger partial charge in [0.2, 0.25) is 0 Å². The van der Waals surface area contributed by atoms with Gasteiger partial charge >= 0.3 is 0 Å². The molecule has 1 heterocycles. The number of amides is 1. The molecule has 0 fully saturated rings. The summed E-state index contributed by atoms with van der Waals surface area (Å²) in [6.07, 6.45) is 0. The Labute approximate surface area is 93.9 Å². The molecule has 0 aliphatic carbocycles. The van der Waals surface area contributed by atoms with Crippen LogP contribution >= 0.6 is 0 Å². The Morgan fingerprint density at radius 2 is 1.75 bits per heavy atom. The first-order chi connectivity index (χ1) is 7.84. The number of benzene rings is 2. The molecule has 16 heavy (non-hydrogen) atoms. The van der Waals surface area contributed by atoms with Gasteiger partial charge in [-0.25, -0.2) is 0 Å². The first kappa shape index (κ1) is 9.16. The molecule has 0 atom stereocenters. The topological polar surface area (TPSA) is 29.1 Å². The highest BCUT2D eigenvalue weighted by Crippen LogP contribution is 2.24. The average Bonchev–Trinajstić information content (AvgIpc) is 2.72. The van der Waals surface area contributed by atoms with E-state index in [1.165, 1.54) is 5.56 Å². The highest BCUT2D eigenvalue weighted by Gasteiger charge is 2.18. The summed E-state index contributed by atoms with van der Waals surface area (Å²) in [5, 5.41) is 2.82. The van der Waals surface area contributed by atoms with Crippen LogP contribution < -0.4 is 5.32 Å². The zero-order valence-corrected chi connectivity index (χ0v) is 8.73. The first-order valence-electron chi connectivity index (χ1n) is 5.31. The van der Waals surface area contributed by atoms with Crippen LogP contribution in [0.2, 0.25) is 0 Å². The fraction of sp³-hybridized carbons (Fsp3) is 0.0714. The minimum Gasteiger partial charge on any atom is -0.348 e. The number of rotatable bonds is 1. The van der Waals surface area contributed by atoms with E-state index in [-0.39, 0.29) is 5.91 Å². The van der Waals surface area contributed by atoms with Gasteiger partial charge in [0.1, 0.15) is 0 Å². The SMILES string of the molecule is O=C1NCc2cc(-c3ccccc3)ccc21. The van der Waals surface area contributed by atoms with Crippen molar-refractivity contribution in [2.75, 3.05) is 0 Å². The second-order valence-electron chi connectivity index (χ2n) is 3.92. The van der Waals surface area contributed by atoms with Crippen LogP contribution in [0.4, 0.5) is 0 Å². The molecule has 3 rings (SSSR count). The summed E-state index contributed by atoms with van der Waals surface area (Å²) >= 11 is 0. The second kappa shape index (κ2) is 3.49. The number of hydrogen-bond donors (Lipinski definition) is 1. The lowest BCUT2D eigenvalue weighted by atomic mass is 10.0. The van der Waals surface area contributed by atoms with Crippen molar-refractivity contribution < 1.29 is 4.79 Å². The number of carbonyl (C=O) groups is 1. The van der Waals surface area contributed by atoms with Crippen LogP contribution in [-0.4, -0.2) is 5.91 Å². The van der Waals surface area contributed by atoms with Crippen LogP contribution in [0.5, 0.6) is 0 Å². The summed E-state index contributed by atoms with van der Waals surface area (Å²) < 4.78 is 0. The molecule has 0 unspecified atom stereocenters. The third-order valence-electron chi connectivity index (χ3n) is 2.90. The van der Waals surface area contributed by atoms with Gasteiger partial charge in [0.15, 0.2) is 0 Å². The van der Waals surface area contributed by atoms with Crippen LogP contribution in [0.15, 0.2) is 48.5 Å². The molecule has 2 aromatic rings. The third kappa shape index (κ3) is 1.39. The molecule has 1 aliphatic heterocycles. The van der Waals surface area contributed by atoms with Gasteiger partial charge in [-0.3, -0.25) is 4.79 Å². The van der Waals surface area contributed by atoms with Crippen molar-refractivity contribution in [3.05, 3.63) is 59.7 Å². The van der Waals surface area contributed by atoms with E-state index >= 15 is 0 Å². The van der Waals surface area contributed by atoms with E-state index in [0.29, 0.717) is 6.54 Å². The maximum absolute atomic E-state index is 11.4. The lowest BCUT2D eigenvalue weighted by molar-refractivity contribution is 0.0966. The Bertz CT molecular complexity index is 546. The molecule has 2 heteroatoms. The van der Waals surface area contributed by atoms with Gasteiger partial charge in [0.05, 0.1) is 0 Å². The van der Waals surface area contributed by atoms with Crippen molar-refractivity contribution in [3.8, 4) is 11.1 Å². The zero-order chi connectivity index (χ0) is 11.0. The van der Waals surface area contributed by atoms with Crippen molar-refractivity contribution in [3.63, 3.8) is 0 Å². The van der Waals surface area contributed by atoms with E-state index in [0.717, 1.165) is 16.7 Å². The van der Waals surface area contributed by atoms with Gasteiger partial charge < -0.3 is 5.32 Å². The molecule has 1 N–H and O–H groups in total. The van der Waals surface area contributed by atoms with Crippen LogP contribution in [0.3, 0.4) is 0 Å². The molecule has 2 aromatic carbocycles. The Balaban J connectivity index is 2.09. The molecular weight excluding hydrogens is 198 g/mol. The van der Waals surface area contributed by atoms with Crippen molar-refractivity contribution in [1.82, 2.24) is 5.32 Å². The summed E-state index contributed by atoms with van der Waals surface area (Å²) in [4.78, 5) is 11.4. The number of fused-ring (bicyclic) bond motifs is 1. The smallest absolute Gasteiger partial charge is 0.251 e. The molecule has 2 nitrogen and oxygen atoms in total. The van der Waals surface area contributed by atoms with Gasteiger partial charge in [-0.15, -0.1) is 0 Å². The molecule has 0 spiro atoms. The molecule has 0 aromatic heterocycles. The van der Waals surface area contributed by atoms with E-state index in [1.807, 2.05) is 30.3 Å². The Morgan fingerprint density at radius 1 is 0.938 bits per heavy atom. The lowest BCUT2D eigenvalue weighted by Crippen LogP contribution is -2.12. The Morgan fingerprint density at radius 3 is 2.56 bits per heavy atom. The highest BCUT2D eigenvalue weighted by atomic mass is 16.1. The molecule has 0 saturated heterocycles. The van der Waals surface area contributed by atoms with Crippen molar-refractivity contribution in [2.45, 2.75) is 6.54 Å². The van der Waals surface area contributed by atoms with Gasteiger partial charge in [-0.1, -0.05) is 36.4 Å². The molecular formula is C14H11NO. The van der Waals surface area contributed by atoms with Crippen LogP contribution in [0.25, 0.3) is 11.1 Å². The summed E-state index contributed by atoms with van der Waals surface area (Å²) in [6.45, 7) is 0.648. The maximum atomic E-state index is 11.4. The normalized spacial score (nSPS) is 13.4. The Kier molecular flexibility index (Phi) is 2.00. The monoisotopic (exact) mass is 209 g/mol. The summed E-state index contributed by atoms with van der Waals surface area (Å²) in [6, 6.07) is 16.2. The number of nitrogens with one attached hydrogen (secondary N) is 1. The predicted octanol–water partition coefficient (Wildman–Crippen LogP) is 2.60. The highest BCUT2D eigenvalue weighted by molar-refractivity contribution is 5.98. The fourth-order valence-corrected chi connectivity index (χ4v) is 2.04. The zero-order valence-electron chi connectivity index (χ0n) is 8.73. The van der Waals surface area contributed by atoms with Gasteiger partial charge in [-0.05, 0) is 28.8 Å². The Hall–Kier alpha value is -2.09. The lowest BCUT2D eigenvalue weighted by Gasteiger charge is -2.03. The molecule has 0 bridgehead atoms. The maximum Gasteiger partial charge on any atom is 0.251 e. The molecule has 0 saturated carbocycles. The van der Waals surface area contributed by atoms with Crippen molar-refractivity contribution in [1.29, 1.82) is 0 Å². The van der Waals surface area contributed by atoms with Crippen LogP contribution in [0, 0.1) is 0 Å². The minimum absolute atomic E-state index is 0.0367. The minimum atomic E-state index is 0.0367. The van der Waals surface area contributed by atoms with Gasteiger partial charge in [0.25, 0.3) is 5.91 Å². The van der Waals surface area contributed by atoms with E-state index in [2.05, 4.69) is 23.5 Å². The van der Waals surface area contributed by atoms with Gasteiger partial charge in [0, 0.05) is 12.1 Å². The van der Waals surface area contributed by atoms with Crippen molar-refractivity contribution >= 4 is 5.91 Å². The molecule has 1 aliphatic rings. The van der Waals surface area contributed by atoms with Gasteiger partial charge in [-0.2, -0.15) is 0 Å². The second-order valence-corrected chi connectivity index (χ2v) is 3.92.